The van der Waals surface area contributed by atoms with E-state index in [2.05, 4.69) is 29.5 Å². The molecule has 1 saturated carbocycles. The number of nitrogens with zero attached hydrogens (tertiary/aromatic N) is 2. The number of hydrogen-bond acceptors (Lipinski definition) is 3. The van der Waals surface area contributed by atoms with Crippen molar-refractivity contribution in [1.29, 1.82) is 0 Å². The van der Waals surface area contributed by atoms with E-state index in [4.69, 9.17) is 0 Å². The minimum absolute atomic E-state index is 0.602. The van der Waals surface area contributed by atoms with Gasteiger partial charge >= 0.3 is 0 Å². The van der Waals surface area contributed by atoms with Crippen LogP contribution in [0, 0.1) is 5.41 Å². The van der Waals surface area contributed by atoms with Gasteiger partial charge < -0.3 is 4.90 Å². The molecule has 0 aromatic rings. The molecule has 0 aromatic carbocycles. The van der Waals surface area contributed by atoms with Gasteiger partial charge in [-0.2, -0.15) is 12.6 Å². The Morgan fingerprint density at radius 1 is 1.19 bits per heavy atom. The van der Waals surface area contributed by atoms with Crippen LogP contribution in [-0.4, -0.2) is 54.3 Å². The van der Waals surface area contributed by atoms with E-state index in [1.165, 1.54) is 51.7 Å². The molecule has 2 bridgehead atoms. The minimum Gasteiger partial charge on any atom is -0.301 e. The van der Waals surface area contributed by atoms with Crippen LogP contribution in [0.2, 0.25) is 0 Å². The van der Waals surface area contributed by atoms with Crippen molar-refractivity contribution in [3.8, 4) is 0 Å². The van der Waals surface area contributed by atoms with Gasteiger partial charge in [0.15, 0.2) is 0 Å². The van der Waals surface area contributed by atoms with Crippen molar-refractivity contribution in [3.63, 3.8) is 0 Å². The largest absolute Gasteiger partial charge is 0.301 e. The molecule has 2 heterocycles. The van der Waals surface area contributed by atoms with Crippen molar-refractivity contribution >= 4 is 12.6 Å². The Bertz CT molecular complexity index is 265. The number of likely N-dealkylation sites (tertiary alicyclic amines) is 1. The lowest BCUT2D eigenvalue weighted by atomic mass is 10.1. The average Bonchev–Trinajstić information content (AvgIpc) is 2.97. The third-order valence-electron chi connectivity index (χ3n) is 5.08. The van der Waals surface area contributed by atoms with Gasteiger partial charge in [0.05, 0.1) is 0 Å². The highest BCUT2D eigenvalue weighted by atomic mass is 32.1. The first-order valence-corrected chi connectivity index (χ1v) is 7.41. The summed E-state index contributed by atoms with van der Waals surface area (Å²) >= 11 is 4.52. The molecule has 3 rings (SSSR count). The van der Waals surface area contributed by atoms with E-state index in [1.807, 2.05) is 0 Å². The highest BCUT2D eigenvalue weighted by molar-refractivity contribution is 7.80. The van der Waals surface area contributed by atoms with E-state index in [-0.39, 0.29) is 0 Å². The maximum atomic E-state index is 4.52. The summed E-state index contributed by atoms with van der Waals surface area (Å²) in [6.45, 7) is 3.94. The predicted octanol–water partition coefficient (Wildman–Crippen LogP) is 1.86. The van der Waals surface area contributed by atoms with Gasteiger partial charge in [0.2, 0.25) is 0 Å². The summed E-state index contributed by atoms with van der Waals surface area (Å²) in [5.74, 6) is 1.09. The van der Waals surface area contributed by atoms with Gasteiger partial charge in [0.1, 0.15) is 0 Å². The molecule has 2 nitrogen and oxygen atoms in total. The molecule has 16 heavy (non-hydrogen) atoms. The molecule has 0 radical (unpaired) electrons. The highest BCUT2D eigenvalue weighted by Gasteiger charge is 2.44. The second-order valence-electron chi connectivity index (χ2n) is 6.23. The monoisotopic (exact) mass is 240 g/mol. The Morgan fingerprint density at radius 3 is 2.62 bits per heavy atom. The molecule has 1 aliphatic carbocycles. The minimum atomic E-state index is 0.602. The van der Waals surface area contributed by atoms with E-state index in [0.29, 0.717) is 5.41 Å². The molecular weight excluding hydrogens is 216 g/mol. The van der Waals surface area contributed by atoms with Crippen LogP contribution in [0.4, 0.5) is 0 Å². The van der Waals surface area contributed by atoms with E-state index >= 15 is 0 Å². The smallest absolute Gasteiger partial charge is 0.0223 e. The molecule has 92 valence electrons. The van der Waals surface area contributed by atoms with Crippen LogP contribution in [0.1, 0.15) is 32.1 Å². The zero-order valence-corrected chi connectivity index (χ0v) is 11.3. The fourth-order valence-electron chi connectivity index (χ4n) is 3.54. The standard InChI is InChI=1S/C13H24N2S/c1-14-11-2-3-12(14)8-15(7-4-11)9-13(10-16)5-6-13/h11-12,16H,2-10H2,1H3. The number of rotatable bonds is 3. The van der Waals surface area contributed by atoms with Crippen molar-refractivity contribution < 1.29 is 0 Å². The van der Waals surface area contributed by atoms with Gasteiger partial charge in [-0.1, -0.05) is 0 Å². The van der Waals surface area contributed by atoms with Gasteiger partial charge in [-0.3, -0.25) is 4.90 Å². The number of likely N-dealkylation sites (N-methyl/N-ethyl adjacent to an activating group) is 1. The Hall–Kier alpha value is 0.270. The van der Waals surface area contributed by atoms with Gasteiger partial charge in [-0.25, -0.2) is 0 Å². The second kappa shape index (κ2) is 4.18. The number of hydrogen-bond donors (Lipinski definition) is 1. The highest BCUT2D eigenvalue weighted by Crippen LogP contribution is 2.47. The lowest BCUT2D eigenvalue weighted by molar-refractivity contribution is 0.197. The molecule has 0 amide bonds. The molecule has 2 saturated heterocycles. The summed E-state index contributed by atoms with van der Waals surface area (Å²) in [7, 11) is 2.33. The Labute approximate surface area is 105 Å². The Kier molecular flexibility index (Phi) is 2.97. The first-order valence-electron chi connectivity index (χ1n) is 6.78. The summed E-state index contributed by atoms with van der Waals surface area (Å²) in [4.78, 5) is 5.36. The Balaban J connectivity index is 1.61. The van der Waals surface area contributed by atoms with Gasteiger partial charge in [0.25, 0.3) is 0 Å². The topological polar surface area (TPSA) is 6.48 Å². The summed E-state index contributed by atoms with van der Waals surface area (Å²) in [5, 5.41) is 0. The van der Waals surface area contributed by atoms with Crippen molar-refractivity contribution in [2.45, 2.75) is 44.2 Å². The summed E-state index contributed by atoms with van der Waals surface area (Å²) < 4.78 is 0. The average molecular weight is 240 g/mol. The summed E-state index contributed by atoms with van der Waals surface area (Å²) in [6.07, 6.45) is 7.07. The van der Waals surface area contributed by atoms with Gasteiger partial charge in [-0.05, 0) is 56.9 Å². The molecule has 0 aromatic heterocycles. The van der Waals surface area contributed by atoms with Crippen LogP contribution in [0.25, 0.3) is 0 Å². The van der Waals surface area contributed by atoms with Crippen LogP contribution >= 0.6 is 12.6 Å². The van der Waals surface area contributed by atoms with Crippen LogP contribution in [0.5, 0.6) is 0 Å². The van der Waals surface area contributed by atoms with Crippen LogP contribution in [-0.2, 0) is 0 Å². The van der Waals surface area contributed by atoms with Gasteiger partial charge in [0, 0.05) is 25.2 Å². The third kappa shape index (κ3) is 2.02. The van der Waals surface area contributed by atoms with Gasteiger partial charge in [-0.15, -0.1) is 0 Å². The molecule has 0 N–H and O–H groups in total. The zero-order valence-electron chi connectivity index (χ0n) is 10.4. The van der Waals surface area contributed by atoms with E-state index < -0.39 is 0 Å². The maximum Gasteiger partial charge on any atom is 0.0223 e. The lowest BCUT2D eigenvalue weighted by Gasteiger charge is -2.28. The third-order valence-corrected chi connectivity index (χ3v) is 5.75. The lowest BCUT2D eigenvalue weighted by Crippen LogP contribution is -2.39. The van der Waals surface area contributed by atoms with Crippen molar-refractivity contribution in [1.82, 2.24) is 9.80 Å². The van der Waals surface area contributed by atoms with Crippen molar-refractivity contribution in [2.75, 3.05) is 32.4 Å². The maximum absolute atomic E-state index is 4.52. The summed E-state index contributed by atoms with van der Waals surface area (Å²) in [6, 6.07) is 1.71. The zero-order chi connectivity index (χ0) is 11.2. The Morgan fingerprint density at radius 2 is 1.94 bits per heavy atom. The predicted molar refractivity (Wildman–Crippen MR) is 71.2 cm³/mol. The second-order valence-corrected chi connectivity index (χ2v) is 6.55. The molecule has 0 spiro atoms. The molecule has 2 aliphatic heterocycles. The number of thiol groups is 1. The van der Waals surface area contributed by atoms with E-state index in [1.54, 1.807) is 0 Å². The first-order chi connectivity index (χ1) is 7.72. The van der Waals surface area contributed by atoms with Crippen molar-refractivity contribution in [2.24, 2.45) is 5.41 Å². The molecule has 3 aliphatic rings. The quantitative estimate of drug-likeness (QED) is 0.752. The molecule has 3 heteroatoms. The fraction of sp³-hybridized carbons (Fsp3) is 1.00. The molecule has 2 unspecified atom stereocenters. The van der Waals surface area contributed by atoms with E-state index in [9.17, 15) is 0 Å². The summed E-state index contributed by atoms with van der Waals surface area (Å²) in [5.41, 5.74) is 0.602. The first kappa shape index (κ1) is 11.4. The molecule has 3 fully saturated rings. The fourth-order valence-corrected chi connectivity index (χ4v) is 3.96. The van der Waals surface area contributed by atoms with Crippen LogP contribution < -0.4 is 0 Å². The SMILES string of the molecule is CN1C2CCC1CN(CC1(CS)CC1)CC2. The van der Waals surface area contributed by atoms with Crippen LogP contribution in [0.15, 0.2) is 0 Å². The number of fused-ring (bicyclic) bond motifs is 2. The normalized spacial score (nSPS) is 38.6. The molecular formula is C13H24N2S. The van der Waals surface area contributed by atoms with Crippen molar-refractivity contribution in [3.05, 3.63) is 0 Å². The van der Waals surface area contributed by atoms with E-state index in [0.717, 1.165) is 17.8 Å². The van der Waals surface area contributed by atoms with Crippen LogP contribution in [0.3, 0.4) is 0 Å². The molecule has 2 atom stereocenters.